The fourth-order valence-corrected chi connectivity index (χ4v) is 3.91. The number of anilines is 1. The summed E-state index contributed by atoms with van der Waals surface area (Å²) in [6, 6.07) is 34.1. The van der Waals surface area contributed by atoms with E-state index in [9.17, 15) is 0 Å². The predicted molar refractivity (Wildman–Crippen MR) is 134 cm³/mol. The Morgan fingerprint density at radius 3 is 1.44 bits per heavy atom. The monoisotopic (exact) mass is 421 g/mol. The molecule has 0 saturated carbocycles. The Hall–Kier alpha value is -3.52. The third-order valence-corrected chi connectivity index (χ3v) is 6.10. The van der Waals surface area contributed by atoms with Gasteiger partial charge in [0.1, 0.15) is 12.4 Å². The summed E-state index contributed by atoms with van der Waals surface area (Å²) in [6.07, 6.45) is 0. The molecule has 0 aliphatic heterocycles. The number of rotatable bonds is 8. The molecule has 0 saturated heterocycles. The van der Waals surface area contributed by atoms with Gasteiger partial charge in [-0.25, -0.2) is 0 Å². The lowest BCUT2D eigenvalue weighted by molar-refractivity contribution is 0.305. The highest BCUT2D eigenvalue weighted by atomic mass is 16.5. The molecule has 0 aliphatic rings. The molecule has 0 N–H and O–H groups in total. The number of ether oxygens (including phenoxy) is 1. The number of hydrogen-bond acceptors (Lipinski definition) is 2. The molecule has 4 aromatic rings. The molecule has 0 aromatic heterocycles. The van der Waals surface area contributed by atoms with Crippen LogP contribution >= 0.6 is 0 Å². The molecule has 0 heterocycles. The molecule has 0 spiro atoms. The van der Waals surface area contributed by atoms with Crippen LogP contribution in [0.1, 0.15) is 33.4 Å². The Bertz CT molecular complexity index is 1120. The van der Waals surface area contributed by atoms with Gasteiger partial charge in [-0.1, -0.05) is 72.8 Å². The van der Waals surface area contributed by atoms with E-state index < -0.39 is 0 Å². The molecule has 0 radical (unpaired) electrons. The van der Waals surface area contributed by atoms with Crippen molar-refractivity contribution in [2.75, 3.05) is 4.90 Å². The molecule has 162 valence electrons. The molecular weight excluding hydrogens is 390 g/mol. The second kappa shape index (κ2) is 10.2. The Labute approximate surface area is 192 Å². The van der Waals surface area contributed by atoms with Gasteiger partial charge in [-0.2, -0.15) is 0 Å². The summed E-state index contributed by atoms with van der Waals surface area (Å²) < 4.78 is 6.06. The molecule has 2 heteroatoms. The molecule has 32 heavy (non-hydrogen) atoms. The van der Waals surface area contributed by atoms with Gasteiger partial charge in [0, 0.05) is 18.8 Å². The van der Waals surface area contributed by atoms with Gasteiger partial charge >= 0.3 is 0 Å². The number of benzene rings is 4. The maximum Gasteiger partial charge on any atom is 0.119 e. The lowest BCUT2D eigenvalue weighted by Crippen LogP contribution is -2.23. The van der Waals surface area contributed by atoms with Crippen molar-refractivity contribution in [2.45, 2.75) is 40.5 Å². The molecule has 0 aliphatic carbocycles. The first-order chi connectivity index (χ1) is 15.6. The van der Waals surface area contributed by atoms with E-state index in [0.29, 0.717) is 6.61 Å². The van der Waals surface area contributed by atoms with Crippen molar-refractivity contribution in [1.82, 2.24) is 0 Å². The van der Waals surface area contributed by atoms with Gasteiger partial charge in [0.25, 0.3) is 0 Å². The van der Waals surface area contributed by atoms with E-state index in [0.717, 1.165) is 18.8 Å². The fraction of sp³-hybridized carbons (Fsp3) is 0.200. The van der Waals surface area contributed by atoms with E-state index in [1.165, 1.54) is 39.1 Å². The van der Waals surface area contributed by atoms with E-state index in [4.69, 9.17) is 4.74 Å². The summed E-state index contributed by atoms with van der Waals surface area (Å²) in [6.45, 7) is 8.81. The van der Waals surface area contributed by atoms with Crippen LogP contribution in [0.2, 0.25) is 0 Å². The van der Waals surface area contributed by atoms with Gasteiger partial charge in [0.15, 0.2) is 0 Å². The normalized spacial score (nSPS) is 10.7. The molecule has 4 rings (SSSR count). The number of nitrogens with zero attached hydrogens (tertiary/aromatic N) is 1. The maximum absolute atomic E-state index is 6.06. The Kier molecular flexibility index (Phi) is 6.91. The lowest BCUT2D eigenvalue weighted by atomic mass is 10.1. The van der Waals surface area contributed by atoms with Crippen molar-refractivity contribution in [1.29, 1.82) is 0 Å². The van der Waals surface area contributed by atoms with Gasteiger partial charge in [-0.05, 0) is 78.4 Å². The molecule has 0 amide bonds. The standard InChI is InChI=1S/C30H31NO/c1-23-10-4-7-13-26(23)20-31(21-27-14-8-5-11-24(27)2)29-16-18-30(19-17-29)32-22-28-15-9-6-12-25(28)3/h4-19H,20-22H2,1-3H3. The van der Waals surface area contributed by atoms with Crippen LogP contribution in [0.3, 0.4) is 0 Å². The summed E-state index contributed by atoms with van der Waals surface area (Å²) in [5.74, 6) is 0.892. The molecule has 0 atom stereocenters. The topological polar surface area (TPSA) is 12.5 Å². The van der Waals surface area contributed by atoms with Crippen LogP contribution in [0.5, 0.6) is 5.75 Å². The average Bonchev–Trinajstić information content (AvgIpc) is 2.81. The van der Waals surface area contributed by atoms with E-state index in [1.54, 1.807) is 0 Å². The van der Waals surface area contributed by atoms with Crippen LogP contribution in [0, 0.1) is 20.8 Å². The molecule has 0 unspecified atom stereocenters. The van der Waals surface area contributed by atoms with Crippen LogP contribution in [0.15, 0.2) is 97.1 Å². The SMILES string of the molecule is Cc1ccccc1COc1ccc(N(Cc2ccccc2C)Cc2ccccc2C)cc1. The maximum atomic E-state index is 6.06. The lowest BCUT2D eigenvalue weighted by Gasteiger charge is -2.27. The molecule has 2 nitrogen and oxygen atoms in total. The summed E-state index contributed by atoms with van der Waals surface area (Å²) >= 11 is 0. The van der Waals surface area contributed by atoms with Gasteiger partial charge in [-0.15, -0.1) is 0 Å². The van der Waals surface area contributed by atoms with Crippen molar-refractivity contribution >= 4 is 5.69 Å². The molecular formula is C30H31NO. The second-order valence-electron chi connectivity index (χ2n) is 8.42. The van der Waals surface area contributed by atoms with Crippen molar-refractivity contribution in [2.24, 2.45) is 0 Å². The minimum absolute atomic E-state index is 0.585. The van der Waals surface area contributed by atoms with Crippen molar-refractivity contribution < 1.29 is 4.74 Å². The van der Waals surface area contributed by atoms with Crippen LogP contribution < -0.4 is 9.64 Å². The molecule has 0 fully saturated rings. The highest BCUT2D eigenvalue weighted by Crippen LogP contribution is 2.25. The quantitative estimate of drug-likeness (QED) is 0.294. The Morgan fingerprint density at radius 2 is 0.969 bits per heavy atom. The average molecular weight is 422 g/mol. The Morgan fingerprint density at radius 1 is 0.531 bits per heavy atom. The van der Waals surface area contributed by atoms with Crippen molar-refractivity contribution in [3.05, 3.63) is 130 Å². The molecule has 4 aromatic carbocycles. The van der Waals surface area contributed by atoms with E-state index >= 15 is 0 Å². The van der Waals surface area contributed by atoms with Crippen LogP contribution in [-0.4, -0.2) is 0 Å². The summed E-state index contributed by atoms with van der Waals surface area (Å²) in [5, 5.41) is 0. The number of aryl methyl sites for hydroxylation is 3. The van der Waals surface area contributed by atoms with Gasteiger partial charge in [0.05, 0.1) is 0 Å². The first kappa shape index (κ1) is 21.7. The summed E-state index contributed by atoms with van der Waals surface area (Å²) in [5.41, 5.74) is 9.01. The fourth-order valence-electron chi connectivity index (χ4n) is 3.91. The zero-order valence-corrected chi connectivity index (χ0v) is 19.2. The first-order valence-electron chi connectivity index (χ1n) is 11.2. The van der Waals surface area contributed by atoms with Crippen molar-refractivity contribution in [3.63, 3.8) is 0 Å². The third-order valence-electron chi connectivity index (χ3n) is 6.10. The zero-order valence-electron chi connectivity index (χ0n) is 19.2. The van der Waals surface area contributed by atoms with Gasteiger partial charge in [-0.3, -0.25) is 0 Å². The highest BCUT2D eigenvalue weighted by molar-refractivity contribution is 5.51. The van der Waals surface area contributed by atoms with Crippen LogP contribution in [0.4, 0.5) is 5.69 Å². The van der Waals surface area contributed by atoms with Gasteiger partial charge < -0.3 is 9.64 Å². The second-order valence-corrected chi connectivity index (χ2v) is 8.42. The van der Waals surface area contributed by atoms with Crippen LogP contribution in [-0.2, 0) is 19.7 Å². The minimum atomic E-state index is 0.585. The van der Waals surface area contributed by atoms with Crippen LogP contribution in [0.25, 0.3) is 0 Å². The summed E-state index contributed by atoms with van der Waals surface area (Å²) in [4.78, 5) is 2.44. The van der Waals surface area contributed by atoms with Gasteiger partial charge in [0.2, 0.25) is 0 Å². The number of hydrogen-bond donors (Lipinski definition) is 0. The first-order valence-corrected chi connectivity index (χ1v) is 11.2. The summed E-state index contributed by atoms with van der Waals surface area (Å²) in [7, 11) is 0. The van der Waals surface area contributed by atoms with Crippen molar-refractivity contribution in [3.8, 4) is 5.75 Å². The smallest absolute Gasteiger partial charge is 0.119 e. The van der Waals surface area contributed by atoms with E-state index in [-0.39, 0.29) is 0 Å². The highest BCUT2D eigenvalue weighted by Gasteiger charge is 2.12. The largest absolute Gasteiger partial charge is 0.489 e. The predicted octanol–water partition coefficient (Wildman–Crippen LogP) is 7.40. The van der Waals surface area contributed by atoms with E-state index in [1.807, 2.05) is 0 Å². The zero-order chi connectivity index (χ0) is 22.3. The van der Waals surface area contributed by atoms with E-state index in [2.05, 4.69) is 123 Å². The Balaban J connectivity index is 1.54. The molecule has 0 bridgehead atoms. The third kappa shape index (κ3) is 5.39. The minimum Gasteiger partial charge on any atom is -0.489 e.